The molecule has 118 valence electrons. The number of hydrogen-bond donors (Lipinski definition) is 2. The Hall–Kier alpha value is -1.30. The molecule has 0 aromatic heterocycles. The molecule has 0 radical (unpaired) electrons. The third kappa shape index (κ3) is 3.87. The van der Waals surface area contributed by atoms with Crippen molar-refractivity contribution < 1.29 is 19.7 Å². The van der Waals surface area contributed by atoms with Crippen LogP contribution < -0.4 is 9.47 Å². The molecule has 0 aliphatic carbocycles. The van der Waals surface area contributed by atoms with E-state index in [0.717, 1.165) is 13.1 Å². The van der Waals surface area contributed by atoms with Crippen LogP contribution in [0, 0.1) is 0 Å². The molecule has 1 fully saturated rings. The largest absolute Gasteiger partial charge is 0.493 e. The zero-order chi connectivity index (χ0) is 15.5. The fourth-order valence-corrected chi connectivity index (χ4v) is 2.63. The second-order valence-electron chi connectivity index (χ2n) is 6.08. The summed E-state index contributed by atoms with van der Waals surface area (Å²) < 4.78 is 11.2. The third-order valence-corrected chi connectivity index (χ3v) is 4.03. The van der Waals surface area contributed by atoms with Gasteiger partial charge in [0, 0.05) is 11.1 Å². The first kappa shape index (κ1) is 16.1. The number of ether oxygens (including phenoxy) is 2. The van der Waals surface area contributed by atoms with Crippen molar-refractivity contribution in [2.75, 3.05) is 26.8 Å². The fourth-order valence-electron chi connectivity index (χ4n) is 2.63. The molecule has 1 heterocycles. The zero-order valence-electron chi connectivity index (χ0n) is 13.0. The van der Waals surface area contributed by atoms with Crippen LogP contribution in [0.3, 0.4) is 0 Å². The minimum absolute atomic E-state index is 0.0311. The summed E-state index contributed by atoms with van der Waals surface area (Å²) in [6.07, 6.45) is 0.986. The van der Waals surface area contributed by atoms with Crippen molar-refractivity contribution >= 4 is 0 Å². The maximum Gasteiger partial charge on any atom is 0.178 e. The lowest BCUT2D eigenvalue weighted by Gasteiger charge is -2.35. The second-order valence-corrected chi connectivity index (χ2v) is 6.08. The van der Waals surface area contributed by atoms with Crippen LogP contribution in [0.1, 0.15) is 38.5 Å². The summed E-state index contributed by atoms with van der Waals surface area (Å²) in [5.41, 5.74) is 0.356. The van der Waals surface area contributed by atoms with E-state index in [9.17, 15) is 10.2 Å². The Morgan fingerprint density at radius 1 is 1.19 bits per heavy atom. The molecule has 2 rings (SSSR count). The van der Waals surface area contributed by atoms with Crippen LogP contribution in [0.2, 0.25) is 0 Å². The SMILES string of the molecule is COc1cc(C(O)O)ccc1OCC(C)(C)N1CCCC1. The van der Waals surface area contributed by atoms with Gasteiger partial charge in [-0.3, -0.25) is 4.90 Å². The van der Waals surface area contributed by atoms with Crippen LogP contribution in [0.25, 0.3) is 0 Å². The average molecular weight is 295 g/mol. The van der Waals surface area contributed by atoms with Gasteiger partial charge in [0.25, 0.3) is 0 Å². The molecular weight excluding hydrogens is 270 g/mol. The molecular formula is C16H25NO4. The van der Waals surface area contributed by atoms with Crippen molar-refractivity contribution in [3.8, 4) is 11.5 Å². The highest BCUT2D eigenvalue weighted by Gasteiger charge is 2.30. The van der Waals surface area contributed by atoms with E-state index in [-0.39, 0.29) is 5.54 Å². The second kappa shape index (κ2) is 6.64. The Balaban J connectivity index is 2.05. The molecule has 1 aliphatic rings. The van der Waals surface area contributed by atoms with Gasteiger partial charge in [0.2, 0.25) is 0 Å². The van der Waals surface area contributed by atoms with Gasteiger partial charge in [-0.15, -0.1) is 0 Å². The molecule has 0 atom stereocenters. The van der Waals surface area contributed by atoms with Gasteiger partial charge in [0.15, 0.2) is 17.8 Å². The number of rotatable bonds is 6. The molecule has 5 heteroatoms. The third-order valence-electron chi connectivity index (χ3n) is 4.03. The van der Waals surface area contributed by atoms with Gasteiger partial charge in [-0.2, -0.15) is 0 Å². The lowest BCUT2D eigenvalue weighted by atomic mass is 10.1. The Kier molecular flexibility index (Phi) is 5.08. The number of hydrogen-bond acceptors (Lipinski definition) is 5. The van der Waals surface area contributed by atoms with Gasteiger partial charge in [-0.1, -0.05) is 6.07 Å². The van der Waals surface area contributed by atoms with Crippen molar-refractivity contribution in [2.45, 2.75) is 38.5 Å². The standard InChI is InChI=1S/C16H25NO4/c1-16(2,17-8-4-5-9-17)11-21-13-7-6-12(15(18)19)10-14(13)20-3/h6-7,10,15,18-19H,4-5,8-9,11H2,1-3H3. The van der Waals surface area contributed by atoms with Crippen molar-refractivity contribution in [1.29, 1.82) is 0 Å². The van der Waals surface area contributed by atoms with Crippen molar-refractivity contribution in [1.82, 2.24) is 4.90 Å². The van der Waals surface area contributed by atoms with Crippen LogP contribution in [0.15, 0.2) is 18.2 Å². The average Bonchev–Trinajstić information content (AvgIpc) is 3.00. The zero-order valence-corrected chi connectivity index (χ0v) is 13.0. The molecule has 1 aliphatic heterocycles. The molecule has 0 unspecified atom stereocenters. The van der Waals surface area contributed by atoms with Gasteiger partial charge in [0.1, 0.15) is 6.61 Å². The maximum absolute atomic E-state index is 9.19. The summed E-state index contributed by atoms with van der Waals surface area (Å²) in [5, 5.41) is 18.4. The number of aliphatic hydroxyl groups is 2. The van der Waals surface area contributed by atoms with Crippen LogP contribution in [0.5, 0.6) is 11.5 Å². The van der Waals surface area contributed by atoms with E-state index in [0.29, 0.717) is 23.7 Å². The summed E-state index contributed by atoms with van der Waals surface area (Å²) in [4.78, 5) is 2.44. The molecule has 1 saturated heterocycles. The Labute approximate surface area is 126 Å². The Morgan fingerprint density at radius 3 is 2.43 bits per heavy atom. The van der Waals surface area contributed by atoms with Gasteiger partial charge < -0.3 is 19.7 Å². The summed E-state index contributed by atoms with van der Waals surface area (Å²) in [6.45, 7) is 7.14. The number of aliphatic hydroxyl groups excluding tert-OH is 1. The predicted molar refractivity (Wildman–Crippen MR) is 80.6 cm³/mol. The topological polar surface area (TPSA) is 62.2 Å². The Morgan fingerprint density at radius 2 is 1.86 bits per heavy atom. The molecule has 1 aromatic carbocycles. The van der Waals surface area contributed by atoms with Gasteiger partial charge in [-0.25, -0.2) is 0 Å². The molecule has 21 heavy (non-hydrogen) atoms. The first-order valence-corrected chi connectivity index (χ1v) is 7.36. The predicted octanol–water partition coefficient (Wildman–Crippen LogP) is 1.93. The molecule has 1 aromatic rings. The number of methoxy groups -OCH3 is 1. The molecule has 0 spiro atoms. The van der Waals surface area contributed by atoms with Crippen molar-refractivity contribution in [3.05, 3.63) is 23.8 Å². The van der Waals surface area contributed by atoms with Crippen LogP contribution >= 0.6 is 0 Å². The molecule has 2 N–H and O–H groups in total. The highest BCUT2D eigenvalue weighted by atomic mass is 16.5. The normalized spacial score (nSPS) is 16.5. The summed E-state index contributed by atoms with van der Waals surface area (Å²) in [6, 6.07) is 4.93. The maximum atomic E-state index is 9.19. The number of benzene rings is 1. The van der Waals surface area contributed by atoms with Crippen LogP contribution in [-0.2, 0) is 0 Å². The van der Waals surface area contributed by atoms with E-state index in [1.807, 2.05) is 0 Å². The molecule has 0 amide bonds. The van der Waals surface area contributed by atoms with E-state index in [1.54, 1.807) is 25.3 Å². The van der Waals surface area contributed by atoms with E-state index < -0.39 is 6.29 Å². The minimum Gasteiger partial charge on any atom is -0.493 e. The molecule has 0 saturated carbocycles. The first-order chi connectivity index (χ1) is 9.94. The Bertz CT molecular complexity index is 467. The van der Waals surface area contributed by atoms with Gasteiger partial charge in [0.05, 0.1) is 7.11 Å². The molecule has 5 nitrogen and oxygen atoms in total. The van der Waals surface area contributed by atoms with Gasteiger partial charge in [-0.05, 0) is 51.9 Å². The summed E-state index contributed by atoms with van der Waals surface area (Å²) >= 11 is 0. The number of likely N-dealkylation sites (tertiary alicyclic amines) is 1. The van der Waals surface area contributed by atoms with E-state index >= 15 is 0 Å². The van der Waals surface area contributed by atoms with Crippen molar-refractivity contribution in [3.63, 3.8) is 0 Å². The van der Waals surface area contributed by atoms with E-state index in [1.165, 1.54) is 12.8 Å². The monoisotopic (exact) mass is 295 g/mol. The fraction of sp³-hybridized carbons (Fsp3) is 0.625. The van der Waals surface area contributed by atoms with Gasteiger partial charge >= 0.3 is 0 Å². The highest BCUT2D eigenvalue weighted by Crippen LogP contribution is 2.31. The van der Waals surface area contributed by atoms with Crippen LogP contribution in [0.4, 0.5) is 0 Å². The minimum atomic E-state index is -1.51. The van der Waals surface area contributed by atoms with Crippen LogP contribution in [-0.4, -0.2) is 47.5 Å². The summed E-state index contributed by atoms with van der Waals surface area (Å²) in [5.74, 6) is 1.13. The smallest absolute Gasteiger partial charge is 0.178 e. The quantitative estimate of drug-likeness (QED) is 0.785. The number of nitrogens with zero attached hydrogens (tertiary/aromatic N) is 1. The highest BCUT2D eigenvalue weighted by molar-refractivity contribution is 5.43. The molecule has 0 bridgehead atoms. The van der Waals surface area contributed by atoms with Crippen molar-refractivity contribution in [2.24, 2.45) is 0 Å². The lowest BCUT2D eigenvalue weighted by Crippen LogP contribution is -2.46. The lowest BCUT2D eigenvalue weighted by molar-refractivity contribution is -0.0426. The first-order valence-electron chi connectivity index (χ1n) is 7.36. The van der Waals surface area contributed by atoms with E-state index in [4.69, 9.17) is 9.47 Å². The summed E-state index contributed by atoms with van der Waals surface area (Å²) in [7, 11) is 1.54. The van der Waals surface area contributed by atoms with E-state index in [2.05, 4.69) is 18.7 Å².